The quantitative estimate of drug-likeness (QED) is 0.786. The maximum Gasteiger partial charge on any atom is 0.0540 e. The van der Waals surface area contributed by atoms with Gasteiger partial charge in [0, 0.05) is 6.04 Å². The molecule has 1 saturated carbocycles. The van der Waals surface area contributed by atoms with E-state index >= 15 is 0 Å². The molecule has 3 nitrogen and oxygen atoms in total. The number of nitrogens with zero attached hydrogens (tertiary/aromatic N) is 1. The van der Waals surface area contributed by atoms with Crippen LogP contribution < -0.4 is 5.32 Å². The topological polar surface area (TPSA) is 35.5 Å². The van der Waals surface area contributed by atoms with Crippen molar-refractivity contribution in [3.8, 4) is 0 Å². The summed E-state index contributed by atoms with van der Waals surface area (Å²) in [7, 11) is 0. The fourth-order valence-corrected chi connectivity index (χ4v) is 3.86. The van der Waals surface area contributed by atoms with Crippen LogP contribution in [0.2, 0.25) is 0 Å². The minimum absolute atomic E-state index is 0.0217. The van der Waals surface area contributed by atoms with Crippen molar-refractivity contribution in [1.29, 1.82) is 0 Å². The van der Waals surface area contributed by atoms with E-state index in [9.17, 15) is 5.11 Å². The summed E-state index contributed by atoms with van der Waals surface area (Å²) in [6, 6.07) is 0.658. The van der Waals surface area contributed by atoms with Gasteiger partial charge in [-0.1, -0.05) is 6.92 Å². The standard InChI is InChI=1S/C17H34N2O/c1-3-10-19-11-8-16(9-12-19)14(2)18-13-15-4-6-17(20)7-5-15/h14-18,20H,3-13H2,1-2H3. The van der Waals surface area contributed by atoms with Crippen LogP contribution >= 0.6 is 0 Å². The van der Waals surface area contributed by atoms with Crippen molar-refractivity contribution < 1.29 is 5.11 Å². The third kappa shape index (κ3) is 5.01. The highest BCUT2D eigenvalue weighted by Gasteiger charge is 2.25. The SMILES string of the molecule is CCCN1CCC(C(C)NCC2CCC(O)CC2)CC1. The van der Waals surface area contributed by atoms with Gasteiger partial charge in [0.05, 0.1) is 6.10 Å². The first kappa shape index (κ1) is 16.3. The summed E-state index contributed by atoms with van der Waals surface area (Å²) in [5.74, 6) is 1.65. The lowest BCUT2D eigenvalue weighted by Gasteiger charge is -2.36. The first-order valence-electron chi connectivity index (χ1n) is 8.82. The van der Waals surface area contributed by atoms with Gasteiger partial charge in [-0.3, -0.25) is 0 Å². The molecule has 0 aromatic rings. The van der Waals surface area contributed by atoms with Crippen LogP contribution in [0.15, 0.2) is 0 Å². The van der Waals surface area contributed by atoms with Crippen LogP contribution in [-0.4, -0.2) is 48.3 Å². The van der Waals surface area contributed by atoms with E-state index in [1.807, 2.05) is 0 Å². The predicted molar refractivity (Wildman–Crippen MR) is 84.9 cm³/mol. The lowest BCUT2D eigenvalue weighted by atomic mass is 9.86. The fourth-order valence-electron chi connectivity index (χ4n) is 3.86. The van der Waals surface area contributed by atoms with Gasteiger partial charge in [-0.25, -0.2) is 0 Å². The van der Waals surface area contributed by atoms with E-state index < -0.39 is 0 Å². The molecule has 0 radical (unpaired) electrons. The van der Waals surface area contributed by atoms with Crippen molar-refractivity contribution >= 4 is 0 Å². The highest BCUT2D eigenvalue weighted by Crippen LogP contribution is 2.25. The van der Waals surface area contributed by atoms with Gasteiger partial charge in [0.1, 0.15) is 0 Å². The summed E-state index contributed by atoms with van der Waals surface area (Å²) in [4.78, 5) is 2.62. The molecule has 1 heterocycles. The predicted octanol–water partition coefficient (Wildman–Crippen LogP) is 2.64. The normalized spacial score (nSPS) is 31.4. The molecule has 1 atom stereocenters. The number of likely N-dealkylation sites (tertiary alicyclic amines) is 1. The van der Waals surface area contributed by atoms with Crippen molar-refractivity contribution in [2.24, 2.45) is 11.8 Å². The van der Waals surface area contributed by atoms with Crippen molar-refractivity contribution in [3.05, 3.63) is 0 Å². The van der Waals surface area contributed by atoms with Crippen LogP contribution in [0.4, 0.5) is 0 Å². The summed E-state index contributed by atoms with van der Waals surface area (Å²) in [5, 5.41) is 13.3. The van der Waals surface area contributed by atoms with E-state index in [1.165, 1.54) is 51.7 Å². The van der Waals surface area contributed by atoms with Gasteiger partial charge in [-0.2, -0.15) is 0 Å². The number of rotatable bonds is 6. The van der Waals surface area contributed by atoms with Crippen molar-refractivity contribution in [2.45, 2.75) is 70.9 Å². The Balaban J connectivity index is 1.61. The Hall–Kier alpha value is -0.120. The van der Waals surface area contributed by atoms with Gasteiger partial charge in [0.15, 0.2) is 0 Å². The average Bonchev–Trinajstić information content (AvgIpc) is 2.47. The average molecular weight is 282 g/mol. The molecule has 2 rings (SSSR count). The highest BCUT2D eigenvalue weighted by molar-refractivity contribution is 4.81. The molecule has 0 amide bonds. The van der Waals surface area contributed by atoms with E-state index in [0.717, 1.165) is 31.2 Å². The maximum atomic E-state index is 9.55. The molecule has 3 heteroatoms. The molecule has 2 aliphatic rings. The van der Waals surface area contributed by atoms with Crippen molar-refractivity contribution in [1.82, 2.24) is 10.2 Å². The molecular weight excluding hydrogens is 248 g/mol. The number of aliphatic hydroxyl groups excluding tert-OH is 1. The maximum absolute atomic E-state index is 9.55. The smallest absolute Gasteiger partial charge is 0.0540 e. The van der Waals surface area contributed by atoms with Gasteiger partial charge in [0.2, 0.25) is 0 Å². The Morgan fingerprint density at radius 3 is 2.35 bits per heavy atom. The molecule has 2 fully saturated rings. The Labute approximate surface area is 125 Å². The molecule has 2 N–H and O–H groups in total. The van der Waals surface area contributed by atoms with E-state index in [-0.39, 0.29) is 6.10 Å². The fraction of sp³-hybridized carbons (Fsp3) is 1.00. The highest BCUT2D eigenvalue weighted by atomic mass is 16.3. The molecule has 0 aromatic heterocycles. The van der Waals surface area contributed by atoms with Crippen LogP contribution in [0.25, 0.3) is 0 Å². The first-order chi connectivity index (χ1) is 9.69. The third-order valence-corrected chi connectivity index (χ3v) is 5.42. The lowest BCUT2D eigenvalue weighted by Crippen LogP contribution is -2.43. The first-order valence-corrected chi connectivity index (χ1v) is 8.82. The van der Waals surface area contributed by atoms with Gasteiger partial charge in [-0.05, 0) is 89.9 Å². The second kappa shape index (κ2) is 8.35. The van der Waals surface area contributed by atoms with Gasteiger partial charge in [0.25, 0.3) is 0 Å². The number of hydrogen-bond acceptors (Lipinski definition) is 3. The Morgan fingerprint density at radius 2 is 1.75 bits per heavy atom. The summed E-state index contributed by atoms with van der Waals surface area (Å²) in [6.45, 7) is 9.66. The molecule has 0 spiro atoms. The molecule has 118 valence electrons. The Bertz CT molecular complexity index is 256. The van der Waals surface area contributed by atoms with Crippen LogP contribution in [0.1, 0.15) is 58.8 Å². The number of aliphatic hydroxyl groups is 1. The number of piperidine rings is 1. The Morgan fingerprint density at radius 1 is 1.10 bits per heavy atom. The minimum Gasteiger partial charge on any atom is -0.393 e. The molecule has 1 aliphatic carbocycles. The van der Waals surface area contributed by atoms with Crippen LogP contribution in [0.3, 0.4) is 0 Å². The molecule has 1 saturated heterocycles. The Kier molecular flexibility index (Phi) is 6.79. The van der Waals surface area contributed by atoms with Crippen molar-refractivity contribution in [2.75, 3.05) is 26.2 Å². The molecular formula is C17H34N2O. The zero-order valence-corrected chi connectivity index (χ0v) is 13.5. The third-order valence-electron chi connectivity index (χ3n) is 5.42. The lowest BCUT2D eigenvalue weighted by molar-refractivity contribution is 0.105. The summed E-state index contributed by atoms with van der Waals surface area (Å²) >= 11 is 0. The molecule has 20 heavy (non-hydrogen) atoms. The summed E-state index contributed by atoms with van der Waals surface area (Å²) in [5.41, 5.74) is 0. The van der Waals surface area contributed by atoms with Crippen LogP contribution in [-0.2, 0) is 0 Å². The van der Waals surface area contributed by atoms with Crippen LogP contribution in [0.5, 0.6) is 0 Å². The largest absolute Gasteiger partial charge is 0.393 e. The van der Waals surface area contributed by atoms with Gasteiger partial charge >= 0.3 is 0 Å². The zero-order chi connectivity index (χ0) is 14.4. The van der Waals surface area contributed by atoms with Gasteiger partial charge < -0.3 is 15.3 Å². The summed E-state index contributed by atoms with van der Waals surface area (Å²) < 4.78 is 0. The minimum atomic E-state index is -0.0217. The van der Waals surface area contributed by atoms with Crippen molar-refractivity contribution in [3.63, 3.8) is 0 Å². The number of hydrogen-bond donors (Lipinski definition) is 2. The van der Waals surface area contributed by atoms with Crippen LogP contribution in [0, 0.1) is 11.8 Å². The van der Waals surface area contributed by atoms with Gasteiger partial charge in [-0.15, -0.1) is 0 Å². The van der Waals surface area contributed by atoms with E-state index in [1.54, 1.807) is 0 Å². The molecule has 1 unspecified atom stereocenters. The van der Waals surface area contributed by atoms with E-state index in [0.29, 0.717) is 6.04 Å². The summed E-state index contributed by atoms with van der Waals surface area (Å²) in [6.07, 6.45) is 8.41. The second-order valence-corrected chi connectivity index (χ2v) is 7.05. The monoisotopic (exact) mass is 282 g/mol. The van der Waals surface area contributed by atoms with E-state index in [2.05, 4.69) is 24.1 Å². The molecule has 0 bridgehead atoms. The molecule has 0 aromatic carbocycles. The molecule has 1 aliphatic heterocycles. The van der Waals surface area contributed by atoms with E-state index in [4.69, 9.17) is 0 Å². The number of nitrogens with one attached hydrogen (secondary N) is 1. The second-order valence-electron chi connectivity index (χ2n) is 7.05. The zero-order valence-electron chi connectivity index (χ0n) is 13.5.